The van der Waals surface area contributed by atoms with Crippen molar-refractivity contribution in [3.05, 3.63) is 35.9 Å². The number of ketones is 1. The van der Waals surface area contributed by atoms with Gasteiger partial charge in [0.25, 0.3) is 0 Å². The van der Waals surface area contributed by atoms with Gasteiger partial charge in [0.1, 0.15) is 5.78 Å². The monoisotopic (exact) mass is 368 g/mol. The lowest BCUT2D eigenvalue weighted by atomic mass is 9.70. The summed E-state index contributed by atoms with van der Waals surface area (Å²) in [5.41, 5.74) is 4.87. The first-order valence-corrected chi connectivity index (χ1v) is 10.9. The lowest BCUT2D eigenvalue weighted by Gasteiger charge is -2.38. The zero-order chi connectivity index (χ0) is 19.3. The summed E-state index contributed by atoms with van der Waals surface area (Å²) >= 11 is 0. The van der Waals surface area contributed by atoms with Gasteiger partial charge in [0.15, 0.2) is 0 Å². The van der Waals surface area contributed by atoms with E-state index in [-0.39, 0.29) is 0 Å². The van der Waals surface area contributed by atoms with Crippen LogP contribution in [0.5, 0.6) is 0 Å². The van der Waals surface area contributed by atoms with Gasteiger partial charge in [-0.05, 0) is 36.3 Å². The van der Waals surface area contributed by atoms with Crippen molar-refractivity contribution >= 4 is 17.0 Å². The molecule has 3 nitrogen and oxygen atoms in total. The third kappa shape index (κ3) is 4.63. The van der Waals surface area contributed by atoms with Crippen LogP contribution in [0.2, 0.25) is 0 Å². The highest BCUT2D eigenvalue weighted by atomic mass is 16.1. The molecule has 1 heterocycles. The first-order valence-electron chi connectivity index (χ1n) is 10.9. The number of nitrogens with zero attached hydrogens (tertiary/aromatic N) is 2. The van der Waals surface area contributed by atoms with Crippen LogP contribution in [0.1, 0.15) is 64.9 Å². The Morgan fingerprint density at radius 1 is 1.04 bits per heavy atom. The molecule has 0 amide bonds. The number of piperazine rings is 1. The number of Topliss-reactive ketones (excluding diaryl/α,β-unsaturated/α-hetero) is 1. The third-order valence-electron chi connectivity index (χ3n) is 6.96. The molecule has 1 aromatic rings. The molecule has 0 unspecified atom stereocenters. The second-order valence-corrected chi connectivity index (χ2v) is 8.31. The van der Waals surface area contributed by atoms with E-state index in [0.717, 1.165) is 26.2 Å². The lowest BCUT2D eigenvalue weighted by Crippen LogP contribution is -2.48. The lowest BCUT2D eigenvalue weighted by molar-refractivity contribution is -0.119. The molecule has 0 N–H and O–H groups in total. The Kier molecular flexibility index (Phi) is 6.75. The maximum absolute atomic E-state index is 11.7. The van der Waals surface area contributed by atoms with Gasteiger partial charge in [-0.2, -0.15) is 0 Å². The fourth-order valence-corrected chi connectivity index (χ4v) is 4.61. The summed E-state index contributed by atoms with van der Waals surface area (Å²) in [6, 6.07) is 8.93. The summed E-state index contributed by atoms with van der Waals surface area (Å²) in [6.07, 6.45) is 9.47. The summed E-state index contributed by atoms with van der Waals surface area (Å²) in [6.45, 7) is 11.2. The van der Waals surface area contributed by atoms with Crippen LogP contribution in [0.4, 0.5) is 5.69 Å². The Morgan fingerprint density at radius 3 is 2.33 bits per heavy atom. The molecule has 148 valence electrons. The zero-order valence-electron chi connectivity index (χ0n) is 17.5. The molecular formula is C24H36N2O. The molecule has 3 heteroatoms. The Hall–Kier alpha value is -1.61. The topological polar surface area (TPSA) is 23.6 Å². The smallest absolute Gasteiger partial charge is 0.146 e. The van der Waals surface area contributed by atoms with E-state index in [4.69, 9.17) is 0 Å². The number of carbonyl (C=O) groups is 1. The highest BCUT2D eigenvalue weighted by Gasteiger charge is 2.29. The van der Waals surface area contributed by atoms with E-state index in [1.807, 2.05) is 6.92 Å². The van der Waals surface area contributed by atoms with Gasteiger partial charge < -0.3 is 4.90 Å². The van der Waals surface area contributed by atoms with Crippen molar-refractivity contribution in [2.24, 2.45) is 5.41 Å². The molecule has 1 aliphatic carbocycles. The van der Waals surface area contributed by atoms with Gasteiger partial charge in [-0.25, -0.2) is 0 Å². The van der Waals surface area contributed by atoms with Crippen LogP contribution in [0, 0.1) is 5.41 Å². The minimum atomic E-state index is 0.353. The third-order valence-corrected chi connectivity index (χ3v) is 6.96. The van der Waals surface area contributed by atoms with Gasteiger partial charge in [0.05, 0.1) is 6.54 Å². The number of benzene rings is 1. The minimum absolute atomic E-state index is 0.353. The van der Waals surface area contributed by atoms with Crippen molar-refractivity contribution in [2.75, 3.05) is 37.6 Å². The summed E-state index contributed by atoms with van der Waals surface area (Å²) in [5, 5.41) is 0. The van der Waals surface area contributed by atoms with Crippen LogP contribution in [0.3, 0.4) is 0 Å². The molecule has 1 aromatic carbocycles. The average Bonchev–Trinajstić information content (AvgIpc) is 2.74. The first kappa shape index (κ1) is 20.1. The molecule has 0 atom stereocenters. The average molecular weight is 369 g/mol. The number of hydrogen-bond donors (Lipinski definition) is 0. The summed E-state index contributed by atoms with van der Waals surface area (Å²) in [7, 11) is 0. The number of rotatable bonds is 7. The van der Waals surface area contributed by atoms with Crippen LogP contribution in [-0.2, 0) is 4.79 Å². The molecule has 27 heavy (non-hydrogen) atoms. The number of para-hydroxylation sites is 1. The predicted octanol–water partition coefficient (Wildman–Crippen LogP) is 5.16. The summed E-state index contributed by atoms with van der Waals surface area (Å²) in [4.78, 5) is 16.6. The standard InChI is InChI=1S/C24H36N2O/c1-4-21(27)19-25-15-17-26(18-16-25)23-10-8-7-9-22(23)20-11-13-24(5-2,6-3)14-12-20/h7-11H,4-6,12-19H2,1-3H3. The molecule has 0 saturated carbocycles. The molecule has 3 rings (SSSR count). The first-order chi connectivity index (χ1) is 13.1. The van der Waals surface area contributed by atoms with E-state index in [2.05, 4.69) is 54.0 Å². The molecule has 1 aliphatic heterocycles. The highest BCUT2D eigenvalue weighted by Crippen LogP contribution is 2.44. The zero-order valence-corrected chi connectivity index (χ0v) is 17.5. The number of carbonyl (C=O) groups excluding carboxylic acids is 1. The van der Waals surface area contributed by atoms with Crippen LogP contribution in [0.15, 0.2) is 30.3 Å². The van der Waals surface area contributed by atoms with Crippen LogP contribution < -0.4 is 4.90 Å². The number of anilines is 1. The van der Waals surface area contributed by atoms with E-state index in [1.54, 1.807) is 0 Å². The van der Waals surface area contributed by atoms with Gasteiger partial charge in [-0.15, -0.1) is 0 Å². The molecule has 0 spiro atoms. The molecule has 1 saturated heterocycles. The fourth-order valence-electron chi connectivity index (χ4n) is 4.61. The highest BCUT2D eigenvalue weighted by molar-refractivity contribution is 5.80. The Morgan fingerprint density at radius 2 is 1.74 bits per heavy atom. The SMILES string of the molecule is CCC(=O)CN1CCN(c2ccccc2C2=CCC(CC)(CC)CC2)CC1. The van der Waals surface area contributed by atoms with E-state index in [0.29, 0.717) is 24.2 Å². The second kappa shape index (κ2) is 9.05. The number of hydrogen-bond acceptors (Lipinski definition) is 3. The maximum Gasteiger partial charge on any atom is 0.146 e. The Labute approximate surface area is 165 Å². The van der Waals surface area contributed by atoms with Crippen LogP contribution in [0.25, 0.3) is 5.57 Å². The minimum Gasteiger partial charge on any atom is -0.368 e. The molecule has 0 bridgehead atoms. The Bertz CT molecular complexity index is 667. The molecule has 0 aromatic heterocycles. The molecule has 2 aliphatic rings. The van der Waals surface area contributed by atoms with Gasteiger partial charge in [0, 0.05) is 43.9 Å². The molecule has 1 fully saturated rings. The van der Waals surface area contributed by atoms with E-state index < -0.39 is 0 Å². The second-order valence-electron chi connectivity index (χ2n) is 8.31. The Balaban J connectivity index is 1.71. The number of allylic oxidation sites excluding steroid dienone is 2. The van der Waals surface area contributed by atoms with Crippen molar-refractivity contribution in [2.45, 2.75) is 59.3 Å². The predicted molar refractivity (Wildman–Crippen MR) is 115 cm³/mol. The van der Waals surface area contributed by atoms with E-state index in [1.165, 1.54) is 48.9 Å². The van der Waals surface area contributed by atoms with Crippen molar-refractivity contribution < 1.29 is 4.79 Å². The van der Waals surface area contributed by atoms with Gasteiger partial charge in [0.2, 0.25) is 0 Å². The van der Waals surface area contributed by atoms with Crippen molar-refractivity contribution in [1.82, 2.24) is 4.90 Å². The van der Waals surface area contributed by atoms with Gasteiger partial charge in [-0.1, -0.05) is 57.9 Å². The fraction of sp³-hybridized carbons (Fsp3) is 0.625. The van der Waals surface area contributed by atoms with Gasteiger partial charge in [-0.3, -0.25) is 9.69 Å². The largest absolute Gasteiger partial charge is 0.368 e. The van der Waals surface area contributed by atoms with Crippen LogP contribution in [-0.4, -0.2) is 43.4 Å². The van der Waals surface area contributed by atoms with Crippen molar-refractivity contribution in [3.63, 3.8) is 0 Å². The summed E-state index contributed by atoms with van der Waals surface area (Å²) < 4.78 is 0. The van der Waals surface area contributed by atoms with E-state index >= 15 is 0 Å². The quantitative estimate of drug-likeness (QED) is 0.664. The maximum atomic E-state index is 11.7. The van der Waals surface area contributed by atoms with Crippen molar-refractivity contribution in [1.29, 1.82) is 0 Å². The molecular weight excluding hydrogens is 332 g/mol. The van der Waals surface area contributed by atoms with Gasteiger partial charge >= 0.3 is 0 Å². The molecule has 0 radical (unpaired) electrons. The van der Waals surface area contributed by atoms with Crippen molar-refractivity contribution in [3.8, 4) is 0 Å². The normalized spacial score (nSPS) is 20.4. The van der Waals surface area contributed by atoms with E-state index in [9.17, 15) is 4.79 Å². The summed E-state index contributed by atoms with van der Waals surface area (Å²) in [5.74, 6) is 0.353. The van der Waals surface area contributed by atoms with Crippen LogP contribution >= 0.6 is 0 Å².